The second-order valence-corrected chi connectivity index (χ2v) is 3.79. The number of nitrogens with one attached hydrogen (secondary N) is 1. The van der Waals surface area contributed by atoms with Crippen molar-refractivity contribution in [2.45, 2.75) is 39.9 Å². The fourth-order valence-corrected chi connectivity index (χ4v) is 1.58. The van der Waals surface area contributed by atoms with E-state index in [4.69, 9.17) is 14.6 Å². The number of aliphatic hydroxyl groups is 1. The lowest BCUT2D eigenvalue weighted by molar-refractivity contribution is -0.133. The molecule has 4 nitrogen and oxygen atoms in total. The average Bonchev–Trinajstić information content (AvgIpc) is 2.28. The van der Waals surface area contributed by atoms with Gasteiger partial charge in [0.2, 0.25) is 0 Å². The van der Waals surface area contributed by atoms with E-state index < -0.39 is 0 Å². The quantitative estimate of drug-likeness (QED) is 0.529. The zero-order valence-corrected chi connectivity index (χ0v) is 10.9. The first-order valence-electron chi connectivity index (χ1n) is 6.33. The van der Waals surface area contributed by atoms with E-state index in [1.807, 2.05) is 13.8 Å². The summed E-state index contributed by atoms with van der Waals surface area (Å²) in [5.41, 5.74) is 0. The topological polar surface area (TPSA) is 50.7 Å². The van der Waals surface area contributed by atoms with Crippen molar-refractivity contribution in [3.05, 3.63) is 0 Å². The lowest BCUT2D eigenvalue weighted by Crippen LogP contribution is -2.34. The number of ether oxygens (including phenoxy) is 2. The van der Waals surface area contributed by atoms with E-state index in [1.54, 1.807) is 0 Å². The van der Waals surface area contributed by atoms with Crippen LogP contribution in [0.5, 0.6) is 0 Å². The molecule has 16 heavy (non-hydrogen) atoms. The standard InChI is InChI=1S/C12H27NO3/c1-4-11(7-8-14)9-13-10-12(15-5-2)16-6-3/h11-14H,4-10H2,1-3H3. The number of hydrogen-bond acceptors (Lipinski definition) is 4. The minimum atomic E-state index is -0.151. The van der Waals surface area contributed by atoms with E-state index in [-0.39, 0.29) is 12.9 Å². The van der Waals surface area contributed by atoms with Crippen molar-refractivity contribution in [3.8, 4) is 0 Å². The summed E-state index contributed by atoms with van der Waals surface area (Å²) in [4.78, 5) is 0. The second-order valence-electron chi connectivity index (χ2n) is 3.79. The smallest absolute Gasteiger partial charge is 0.169 e. The third-order valence-corrected chi connectivity index (χ3v) is 2.56. The predicted molar refractivity (Wildman–Crippen MR) is 65.4 cm³/mol. The van der Waals surface area contributed by atoms with Crippen molar-refractivity contribution in [2.75, 3.05) is 32.9 Å². The normalized spacial score (nSPS) is 13.3. The van der Waals surface area contributed by atoms with Crippen molar-refractivity contribution in [2.24, 2.45) is 5.92 Å². The van der Waals surface area contributed by atoms with Crippen molar-refractivity contribution < 1.29 is 14.6 Å². The van der Waals surface area contributed by atoms with Gasteiger partial charge in [0.05, 0.1) is 0 Å². The van der Waals surface area contributed by atoms with Crippen LogP contribution < -0.4 is 5.32 Å². The molecular weight excluding hydrogens is 206 g/mol. The van der Waals surface area contributed by atoms with Crippen LogP contribution in [0, 0.1) is 5.92 Å². The summed E-state index contributed by atoms with van der Waals surface area (Å²) in [6.45, 7) is 9.29. The monoisotopic (exact) mass is 233 g/mol. The molecule has 0 aliphatic carbocycles. The lowest BCUT2D eigenvalue weighted by Gasteiger charge is -2.19. The summed E-state index contributed by atoms with van der Waals surface area (Å²) < 4.78 is 10.8. The van der Waals surface area contributed by atoms with Gasteiger partial charge in [0.1, 0.15) is 0 Å². The zero-order valence-electron chi connectivity index (χ0n) is 10.9. The summed E-state index contributed by atoms with van der Waals surface area (Å²) in [5.74, 6) is 0.536. The zero-order chi connectivity index (χ0) is 12.2. The molecule has 0 amide bonds. The van der Waals surface area contributed by atoms with Gasteiger partial charge in [-0.05, 0) is 32.7 Å². The summed E-state index contributed by atoms with van der Waals surface area (Å²) in [6.07, 6.45) is 1.79. The molecule has 98 valence electrons. The third kappa shape index (κ3) is 8.05. The number of hydrogen-bond donors (Lipinski definition) is 2. The van der Waals surface area contributed by atoms with E-state index in [2.05, 4.69) is 12.2 Å². The maximum atomic E-state index is 8.87. The van der Waals surface area contributed by atoms with Gasteiger partial charge in [0.15, 0.2) is 6.29 Å². The molecule has 0 saturated carbocycles. The molecule has 0 bridgehead atoms. The molecule has 0 rings (SSSR count). The Morgan fingerprint density at radius 3 is 2.12 bits per heavy atom. The van der Waals surface area contributed by atoms with Crippen LogP contribution in [0.4, 0.5) is 0 Å². The van der Waals surface area contributed by atoms with Gasteiger partial charge in [-0.1, -0.05) is 13.3 Å². The van der Waals surface area contributed by atoms with Gasteiger partial charge < -0.3 is 19.9 Å². The Hall–Kier alpha value is -0.160. The van der Waals surface area contributed by atoms with Crippen molar-refractivity contribution >= 4 is 0 Å². The molecule has 0 aliphatic rings. The highest BCUT2D eigenvalue weighted by Gasteiger charge is 2.09. The largest absolute Gasteiger partial charge is 0.396 e. The third-order valence-electron chi connectivity index (χ3n) is 2.56. The van der Waals surface area contributed by atoms with E-state index in [1.165, 1.54) is 0 Å². The molecule has 0 aromatic carbocycles. The van der Waals surface area contributed by atoms with Gasteiger partial charge in [0.25, 0.3) is 0 Å². The van der Waals surface area contributed by atoms with Crippen molar-refractivity contribution in [1.82, 2.24) is 5.32 Å². The molecule has 0 aromatic rings. The van der Waals surface area contributed by atoms with E-state index in [0.29, 0.717) is 25.7 Å². The first-order chi connectivity index (χ1) is 7.78. The molecule has 0 spiro atoms. The van der Waals surface area contributed by atoms with Gasteiger partial charge in [-0.2, -0.15) is 0 Å². The van der Waals surface area contributed by atoms with Crippen LogP contribution in [-0.4, -0.2) is 44.3 Å². The van der Waals surface area contributed by atoms with E-state index in [0.717, 1.165) is 19.4 Å². The van der Waals surface area contributed by atoms with Gasteiger partial charge in [-0.15, -0.1) is 0 Å². The fourth-order valence-electron chi connectivity index (χ4n) is 1.58. The lowest BCUT2D eigenvalue weighted by atomic mass is 10.0. The fraction of sp³-hybridized carbons (Fsp3) is 1.00. The Labute approximate surface area is 99.3 Å². The Kier molecular flexibility index (Phi) is 11.2. The van der Waals surface area contributed by atoms with Gasteiger partial charge in [-0.3, -0.25) is 0 Å². The highest BCUT2D eigenvalue weighted by atomic mass is 16.7. The average molecular weight is 233 g/mol. The molecule has 0 saturated heterocycles. The Balaban J connectivity index is 3.65. The van der Waals surface area contributed by atoms with Gasteiger partial charge in [0, 0.05) is 26.4 Å². The molecule has 0 aromatic heterocycles. The van der Waals surface area contributed by atoms with Crippen LogP contribution in [0.2, 0.25) is 0 Å². The Morgan fingerprint density at radius 1 is 1.06 bits per heavy atom. The first-order valence-corrected chi connectivity index (χ1v) is 6.33. The van der Waals surface area contributed by atoms with E-state index in [9.17, 15) is 0 Å². The first kappa shape index (κ1) is 15.8. The second kappa shape index (κ2) is 11.3. The SMILES string of the molecule is CCOC(CNCC(CC)CCO)OCC. The van der Waals surface area contributed by atoms with Crippen LogP contribution in [0.1, 0.15) is 33.6 Å². The van der Waals surface area contributed by atoms with Crippen LogP contribution >= 0.6 is 0 Å². The highest BCUT2D eigenvalue weighted by Crippen LogP contribution is 2.05. The molecule has 1 atom stereocenters. The van der Waals surface area contributed by atoms with Gasteiger partial charge >= 0.3 is 0 Å². The summed E-state index contributed by atoms with van der Waals surface area (Å²) >= 11 is 0. The molecule has 0 aliphatic heterocycles. The number of aliphatic hydroxyl groups excluding tert-OH is 1. The van der Waals surface area contributed by atoms with Crippen LogP contribution in [0.25, 0.3) is 0 Å². The molecule has 2 N–H and O–H groups in total. The maximum absolute atomic E-state index is 8.87. The minimum absolute atomic E-state index is 0.151. The summed E-state index contributed by atoms with van der Waals surface area (Å²) in [6, 6.07) is 0. The highest BCUT2D eigenvalue weighted by molar-refractivity contribution is 4.61. The van der Waals surface area contributed by atoms with Crippen molar-refractivity contribution in [1.29, 1.82) is 0 Å². The molecular formula is C12H27NO3. The van der Waals surface area contributed by atoms with Crippen molar-refractivity contribution in [3.63, 3.8) is 0 Å². The van der Waals surface area contributed by atoms with E-state index >= 15 is 0 Å². The molecule has 0 fully saturated rings. The predicted octanol–water partition coefficient (Wildman–Crippen LogP) is 1.38. The molecule has 1 unspecified atom stereocenters. The van der Waals surface area contributed by atoms with Crippen LogP contribution in [-0.2, 0) is 9.47 Å². The minimum Gasteiger partial charge on any atom is -0.396 e. The van der Waals surface area contributed by atoms with Crippen LogP contribution in [0.15, 0.2) is 0 Å². The van der Waals surface area contributed by atoms with Gasteiger partial charge in [-0.25, -0.2) is 0 Å². The molecule has 0 heterocycles. The summed E-state index contributed by atoms with van der Waals surface area (Å²) in [7, 11) is 0. The Bertz CT molecular complexity index is 138. The maximum Gasteiger partial charge on any atom is 0.169 e. The Morgan fingerprint density at radius 2 is 1.69 bits per heavy atom. The van der Waals surface area contributed by atoms with Crippen LogP contribution in [0.3, 0.4) is 0 Å². The molecule has 0 radical (unpaired) electrons. The summed E-state index contributed by atoms with van der Waals surface area (Å²) in [5, 5.41) is 12.2. The molecule has 4 heteroatoms. The number of rotatable bonds is 11.